The van der Waals surface area contributed by atoms with Gasteiger partial charge in [0.2, 0.25) is 0 Å². The van der Waals surface area contributed by atoms with Gasteiger partial charge >= 0.3 is 0 Å². The first-order valence-corrected chi connectivity index (χ1v) is 5.41. The number of piperidine rings is 1. The second kappa shape index (κ2) is 3.47. The molecule has 84 valence electrons. The van der Waals surface area contributed by atoms with E-state index in [-0.39, 0.29) is 17.1 Å². The van der Waals surface area contributed by atoms with Gasteiger partial charge in [0.1, 0.15) is 0 Å². The van der Waals surface area contributed by atoms with Crippen molar-refractivity contribution in [1.82, 2.24) is 5.06 Å². The van der Waals surface area contributed by atoms with E-state index < -0.39 is 0 Å². The first-order chi connectivity index (χ1) is 6.17. The Bertz CT molecular complexity index is 193. The first kappa shape index (κ1) is 12.0. The summed E-state index contributed by atoms with van der Waals surface area (Å²) in [7, 11) is 0. The standard InChI is InChI=1S/C11H24N2O/c1-8(12)9-6-10(2,3)13(14)11(4,5)7-9/h8-9,14H,6-7,12H2,1-5H3. The van der Waals surface area contributed by atoms with Gasteiger partial charge in [-0.3, -0.25) is 0 Å². The highest BCUT2D eigenvalue weighted by Gasteiger charge is 2.45. The highest BCUT2D eigenvalue weighted by atomic mass is 16.5. The molecule has 14 heavy (non-hydrogen) atoms. The van der Waals surface area contributed by atoms with Gasteiger partial charge < -0.3 is 10.9 Å². The third-order valence-corrected chi connectivity index (χ3v) is 3.41. The number of nitrogens with two attached hydrogens (primary N) is 1. The lowest BCUT2D eigenvalue weighted by atomic mass is 9.73. The SMILES string of the molecule is CC(N)C1CC(C)(C)N(O)C(C)(C)C1. The van der Waals surface area contributed by atoms with Crippen molar-refractivity contribution in [2.75, 3.05) is 0 Å². The molecule has 3 N–H and O–H groups in total. The van der Waals surface area contributed by atoms with Gasteiger partial charge in [-0.05, 0) is 53.4 Å². The Morgan fingerprint density at radius 2 is 1.57 bits per heavy atom. The van der Waals surface area contributed by atoms with Crippen LogP contribution in [0.4, 0.5) is 0 Å². The third-order valence-electron chi connectivity index (χ3n) is 3.41. The van der Waals surface area contributed by atoms with Gasteiger partial charge in [0.25, 0.3) is 0 Å². The smallest absolute Gasteiger partial charge is 0.0413 e. The highest BCUT2D eigenvalue weighted by Crippen LogP contribution is 2.40. The van der Waals surface area contributed by atoms with Crippen molar-refractivity contribution in [3.05, 3.63) is 0 Å². The van der Waals surface area contributed by atoms with Gasteiger partial charge in [-0.2, -0.15) is 5.06 Å². The van der Waals surface area contributed by atoms with Crippen LogP contribution in [0, 0.1) is 5.92 Å². The van der Waals surface area contributed by atoms with Gasteiger partial charge in [0.15, 0.2) is 0 Å². The van der Waals surface area contributed by atoms with Crippen LogP contribution in [0.1, 0.15) is 47.5 Å². The van der Waals surface area contributed by atoms with Gasteiger partial charge in [0.05, 0.1) is 0 Å². The summed E-state index contributed by atoms with van der Waals surface area (Å²) in [6, 6.07) is 0.210. The molecule has 0 bridgehead atoms. The van der Waals surface area contributed by atoms with Crippen molar-refractivity contribution in [2.45, 2.75) is 64.6 Å². The van der Waals surface area contributed by atoms with Gasteiger partial charge in [-0.25, -0.2) is 0 Å². The Balaban J connectivity index is 2.86. The molecular weight excluding hydrogens is 176 g/mol. The lowest BCUT2D eigenvalue weighted by Gasteiger charge is -2.52. The van der Waals surface area contributed by atoms with Crippen LogP contribution >= 0.6 is 0 Å². The van der Waals surface area contributed by atoms with E-state index in [1.165, 1.54) is 5.06 Å². The summed E-state index contributed by atoms with van der Waals surface area (Å²) in [5, 5.41) is 11.6. The topological polar surface area (TPSA) is 49.5 Å². The monoisotopic (exact) mass is 200 g/mol. The third kappa shape index (κ3) is 2.10. The molecule has 0 amide bonds. The highest BCUT2D eigenvalue weighted by molar-refractivity contribution is 4.97. The Kier molecular flexibility index (Phi) is 2.96. The van der Waals surface area contributed by atoms with E-state index in [0.717, 1.165) is 12.8 Å². The number of hydrogen-bond acceptors (Lipinski definition) is 3. The van der Waals surface area contributed by atoms with E-state index in [2.05, 4.69) is 34.6 Å². The molecule has 0 aliphatic carbocycles. The maximum Gasteiger partial charge on any atom is 0.0413 e. The molecular formula is C11H24N2O. The normalized spacial score (nSPS) is 30.2. The fourth-order valence-electron chi connectivity index (χ4n) is 2.72. The van der Waals surface area contributed by atoms with Gasteiger partial charge in [-0.1, -0.05) is 0 Å². The predicted octanol–water partition coefficient (Wildman–Crippen LogP) is 1.99. The summed E-state index contributed by atoms with van der Waals surface area (Å²) in [6.07, 6.45) is 1.93. The van der Waals surface area contributed by atoms with Gasteiger partial charge in [-0.15, -0.1) is 0 Å². The van der Waals surface area contributed by atoms with Gasteiger partial charge in [0, 0.05) is 17.1 Å². The molecule has 1 heterocycles. The zero-order valence-electron chi connectivity index (χ0n) is 10.0. The molecule has 1 fully saturated rings. The summed E-state index contributed by atoms with van der Waals surface area (Å²) >= 11 is 0. The van der Waals surface area contributed by atoms with Crippen molar-refractivity contribution in [3.63, 3.8) is 0 Å². The van der Waals surface area contributed by atoms with E-state index in [9.17, 15) is 5.21 Å². The van der Waals surface area contributed by atoms with E-state index in [1.54, 1.807) is 0 Å². The molecule has 0 aromatic rings. The van der Waals surface area contributed by atoms with Crippen molar-refractivity contribution >= 4 is 0 Å². The second-order valence-electron chi connectivity index (χ2n) is 5.96. The maximum absolute atomic E-state index is 10.1. The van der Waals surface area contributed by atoms with Crippen molar-refractivity contribution in [2.24, 2.45) is 11.7 Å². The summed E-state index contributed by atoms with van der Waals surface area (Å²) < 4.78 is 0. The average Bonchev–Trinajstić information content (AvgIpc) is 1.98. The molecule has 1 unspecified atom stereocenters. The Hall–Kier alpha value is -0.120. The fourth-order valence-corrected chi connectivity index (χ4v) is 2.72. The molecule has 1 saturated heterocycles. The minimum absolute atomic E-state index is 0.167. The number of hydroxylamine groups is 2. The zero-order valence-corrected chi connectivity index (χ0v) is 10.0. The maximum atomic E-state index is 10.1. The van der Waals surface area contributed by atoms with Crippen molar-refractivity contribution in [1.29, 1.82) is 0 Å². The molecule has 0 aromatic carbocycles. The van der Waals surface area contributed by atoms with E-state index in [4.69, 9.17) is 5.73 Å². The molecule has 1 aliphatic rings. The molecule has 3 nitrogen and oxygen atoms in total. The summed E-state index contributed by atoms with van der Waals surface area (Å²) in [5.41, 5.74) is 5.62. The van der Waals surface area contributed by atoms with Crippen LogP contribution in [0.2, 0.25) is 0 Å². The number of rotatable bonds is 1. The van der Waals surface area contributed by atoms with Crippen molar-refractivity contribution in [3.8, 4) is 0 Å². The second-order valence-corrected chi connectivity index (χ2v) is 5.96. The quantitative estimate of drug-likeness (QED) is 0.680. The first-order valence-electron chi connectivity index (χ1n) is 5.41. The Morgan fingerprint density at radius 3 is 1.86 bits per heavy atom. The molecule has 1 atom stereocenters. The predicted molar refractivity (Wildman–Crippen MR) is 58.2 cm³/mol. The van der Waals surface area contributed by atoms with E-state index in [0.29, 0.717) is 5.92 Å². The zero-order chi connectivity index (χ0) is 11.1. The van der Waals surface area contributed by atoms with E-state index in [1.807, 2.05) is 0 Å². The van der Waals surface area contributed by atoms with Crippen LogP contribution in [0.25, 0.3) is 0 Å². The lowest BCUT2D eigenvalue weighted by Crippen LogP contribution is -2.60. The molecule has 0 aromatic heterocycles. The van der Waals surface area contributed by atoms with E-state index >= 15 is 0 Å². The summed E-state index contributed by atoms with van der Waals surface area (Å²) in [5.74, 6) is 0.503. The minimum atomic E-state index is -0.167. The Labute approximate surface area is 87.2 Å². The van der Waals surface area contributed by atoms with Crippen LogP contribution in [0.15, 0.2) is 0 Å². The average molecular weight is 200 g/mol. The molecule has 0 radical (unpaired) electrons. The Morgan fingerprint density at radius 1 is 1.21 bits per heavy atom. The molecule has 0 spiro atoms. The van der Waals surface area contributed by atoms with Crippen LogP contribution < -0.4 is 5.73 Å². The fraction of sp³-hybridized carbons (Fsp3) is 1.00. The lowest BCUT2D eigenvalue weighted by molar-refractivity contribution is -0.251. The van der Waals surface area contributed by atoms with Crippen LogP contribution in [-0.2, 0) is 0 Å². The minimum Gasteiger partial charge on any atom is -0.328 e. The molecule has 0 saturated carbocycles. The summed E-state index contributed by atoms with van der Waals surface area (Å²) in [6.45, 7) is 10.4. The van der Waals surface area contributed by atoms with Crippen LogP contribution in [-0.4, -0.2) is 27.4 Å². The largest absolute Gasteiger partial charge is 0.328 e. The van der Waals surface area contributed by atoms with Crippen molar-refractivity contribution < 1.29 is 5.21 Å². The van der Waals surface area contributed by atoms with Crippen LogP contribution in [0.3, 0.4) is 0 Å². The molecule has 1 rings (SSSR count). The molecule has 1 aliphatic heterocycles. The summed E-state index contributed by atoms with van der Waals surface area (Å²) in [4.78, 5) is 0. The number of nitrogens with zero attached hydrogens (tertiary/aromatic N) is 1. The molecule has 3 heteroatoms. The van der Waals surface area contributed by atoms with Crippen LogP contribution in [0.5, 0.6) is 0 Å². The number of hydrogen-bond donors (Lipinski definition) is 2.